The van der Waals surface area contributed by atoms with Gasteiger partial charge in [-0.2, -0.15) is 0 Å². The molecule has 1 heterocycles. The van der Waals surface area contributed by atoms with Crippen LogP contribution in [0.15, 0.2) is 18.2 Å². The average Bonchev–Trinajstić information content (AvgIpc) is 2.66. The molecule has 2 rings (SSSR count). The minimum absolute atomic E-state index is 0.00983. The molecule has 0 aromatic heterocycles. The van der Waals surface area contributed by atoms with Crippen molar-refractivity contribution in [2.24, 2.45) is 0 Å². The van der Waals surface area contributed by atoms with Gasteiger partial charge in [-0.15, -0.1) is 0 Å². The number of rotatable bonds is 3. The van der Waals surface area contributed by atoms with Crippen LogP contribution < -0.4 is 0 Å². The second kappa shape index (κ2) is 4.89. The van der Waals surface area contributed by atoms with Gasteiger partial charge in [-0.25, -0.2) is 9.18 Å². The molecule has 1 aliphatic rings. The van der Waals surface area contributed by atoms with Gasteiger partial charge in [0.25, 0.3) is 0 Å². The van der Waals surface area contributed by atoms with Gasteiger partial charge in [-0.05, 0) is 6.07 Å². The van der Waals surface area contributed by atoms with E-state index in [1.54, 1.807) is 12.1 Å². The molecule has 4 nitrogen and oxygen atoms in total. The van der Waals surface area contributed by atoms with Crippen molar-refractivity contribution in [3.05, 3.63) is 34.6 Å². The molecule has 0 saturated carbocycles. The first-order valence-corrected chi connectivity index (χ1v) is 5.48. The second-order valence-corrected chi connectivity index (χ2v) is 4.16. The summed E-state index contributed by atoms with van der Waals surface area (Å²) in [5, 5.41) is 9.07. The lowest BCUT2D eigenvalue weighted by molar-refractivity contribution is 0.150. The number of carbonyl (C=O) groups is 1. The predicted octanol–water partition coefficient (Wildman–Crippen LogP) is 1.79. The quantitative estimate of drug-likeness (QED) is 0.900. The zero-order valence-corrected chi connectivity index (χ0v) is 9.65. The number of benzene rings is 1. The van der Waals surface area contributed by atoms with E-state index in [1.165, 1.54) is 11.0 Å². The molecule has 1 saturated heterocycles. The number of carbonyl (C=O) groups excluding carboxylic acids is 1. The van der Waals surface area contributed by atoms with Crippen molar-refractivity contribution in [1.82, 2.24) is 4.90 Å². The molecule has 0 radical (unpaired) electrons. The topological polar surface area (TPSA) is 49.8 Å². The van der Waals surface area contributed by atoms with Gasteiger partial charge in [-0.3, -0.25) is 4.90 Å². The van der Waals surface area contributed by atoms with E-state index in [2.05, 4.69) is 0 Å². The Kier molecular flexibility index (Phi) is 3.49. The molecule has 0 unspecified atom stereocenters. The summed E-state index contributed by atoms with van der Waals surface area (Å²) in [4.78, 5) is 12.7. The Balaban J connectivity index is 2.20. The number of aliphatic hydroxyl groups excluding tert-OH is 1. The zero-order valence-electron chi connectivity index (χ0n) is 8.90. The van der Waals surface area contributed by atoms with E-state index in [0.717, 1.165) is 0 Å². The lowest BCUT2D eigenvalue weighted by Gasteiger charge is -2.19. The fourth-order valence-electron chi connectivity index (χ4n) is 1.69. The van der Waals surface area contributed by atoms with E-state index in [1.807, 2.05) is 0 Å². The van der Waals surface area contributed by atoms with Crippen LogP contribution in [-0.2, 0) is 11.3 Å². The lowest BCUT2D eigenvalue weighted by atomic mass is 10.2. The van der Waals surface area contributed by atoms with Crippen LogP contribution in [0, 0.1) is 5.82 Å². The van der Waals surface area contributed by atoms with Crippen LogP contribution in [0.5, 0.6) is 0 Å². The van der Waals surface area contributed by atoms with Gasteiger partial charge in [0, 0.05) is 5.56 Å². The molecule has 1 atom stereocenters. The Bertz CT molecular complexity index is 441. The van der Waals surface area contributed by atoms with Gasteiger partial charge >= 0.3 is 6.09 Å². The van der Waals surface area contributed by atoms with Crippen molar-refractivity contribution in [2.75, 3.05) is 13.2 Å². The van der Waals surface area contributed by atoms with Gasteiger partial charge in [-0.1, -0.05) is 23.7 Å². The number of amides is 1. The average molecular weight is 260 g/mol. The molecule has 92 valence electrons. The summed E-state index contributed by atoms with van der Waals surface area (Å²) in [5.74, 6) is -0.550. The Morgan fingerprint density at radius 1 is 1.59 bits per heavy atom. The van der Waals surface area contributed by atoms with Crippen LogP contribution in [0.25, 0.3) is 0 Å². The van der Waals surface area contributed by atoms with E-state index in [4.69, 9.17) is 21.4 Å². The van der Waals surface area contributed by atoms with Crippen LogP contribution in [0.2, 0.25) is 5.02 Å². The summed E-state index contributed by atoms with van der Waals surface area (Å²) in [6, 6.07) is 4.16. The van der Waals surface area contributed by atoms with Crippen molar-refractivity contribution >= 4 is 17.7 Å². The third-order valence-electron chi connectivity index (χ3n) is 2.66. The number of hydrogen-bond acceptors (Lipinski definition) is 3. The van der Waals surface area contributed by atoms with Gasteiger partial charge in [0.15, 0.2) is 0 Å². The van der Waals surface area contributed by atoms with E-state index in [0.29, 0.717) is 5.56 Å². The van der Waals surface area contributed by atoms with Crippen molar-refractivity contribution < 1.29 is 19.0 Å². The number of aliphatic hydroxyl groups is 1. The lowest BCUT2D eigenvalue weighted by Crippen LogP contribution is -2.35. The summed E-state index contributed by atoms with van der Waals surface area (Å²) in [7, 11) is 0. The number of cyclic esters (lactones) is 1. The van der Waals surface area contributed by atoms with E-state index < -0.39 is 18.0 Å². The summed E-state index contributed by atoms with van der Waals surface area (Å²) >= 11 is 5.65. The molecule has 1 amide bonds. The van der Waals surface area contributed by atoms with Gasteiger partial charge in [0.05, 0.1) is 24.2 Å². The van der Waals surface area contributed by atoms with Crippen LogP contribution in [-0.4, -0.2) is 35.4 Å². The first-order valence-electron chi connectivity index (χ1n) is 5.10. The highest BCUT2D eigenvalue weighted by atomic mass is 35.5. The third kappa shape index (κ3) is 2.35. The Hall–Kier alpha value is -1.33. The first kappa shape index (κ1) is 12.1. The van der Waals surface area contributed by atoms with Gasteiger partial charge < -0.3 is 9.84 Å². The van der Waals surface area contributed by atoms with E-state index in [-0.39, 0.29) is 24.8 Å². The van der Waals surface area contributed by atoms with Gasteiger partial charge in [0.1, 0.15) is 12.4 Å². The molecule has 1 aromatic rings. The molecule has 0 bridgehead atoms. The summed E-state index contributed by atoms with van der Waals surface area (Å²) < 4.78 is 18.4. The maximum Gasteiger partial charge on any atom is 0.410 e. The highest BCUT2D eigenvalue weighted by Gasteiger charge is 2.32. The summed E-state index contributed by atoms with van der Waals surface area (Å²) in [5.41, 5.74) is 0.301. The fraction of sp³-hybridized carbons (Fsp3) is 0.364. The molecule has 0 aliphatic carbocycles. The number of ether oxygens (including phenoxy) is 1. The van der Waals surface area contributed by atoms with Crippen LogP contribution in [0.3, 0.4) is 0 Å². The highest BCUT2D eigenvalue weighted by molar-refractivity contribution is 6.30. The molecule has 1 N–H and O–H groups in total. The minimum Gasteiger partial charge on any atom is -0.447 e. The number of nitrogens with zero attached hydrogens (tertiary/aromatic N) is 1. The summed E-state index contributed by atoms with van der Waals surface area (Å²) in [6.45, 7) is -0.0537. The maximum absolute atomic E-state index is 13.6. The standard InChI is InChI=1S/C11H11ClFNO3/c12-9-3-1-2-7(10(9)13)4-14-8(5-15)6-17-11(14)16/h1-3,8,15H,4-6H2/t8-/m1/s1. The number of hydrogen-bond donors (Lipinski definition) is 1. The Morgan fingerprint density at radius 3 is 3.06 bits per heavy atom. The number of halogens is 2. The van der Waals surface area contributed by atoms with Crippen molar-refractivity contribution in [2.45, 2.75) is 12.6 Å². The molecule has 1 fully saturated rings. The Labute approximate surface area is 103 Å². The fourth-order valence-corrected chi connectivity index (χ4v) is 1.88. The van der Waals surface area contributed by atoms with Crippen LogP contribution in [0.4, 0.5) is 9.18 Å². The zero-order chi connectivity index (χ0) is 12.4. The van der Waals surface area contributed by atoms with Crippen molar-refractivity contribution in [1.29, 1.82) is 0 Å². The molecule has 0 spiro atoms. The predicted molar refractivity (Wildman–Crippen MR) is 59.2 cm³/mol. The minimum atomic E-state index is -0.552. The highest BCUT2D eigenvalue weighted by Crippen LogP contribution is 2.22. The third-order valence-corrected chi connectivity index (χ3v) is 2.95. The van der Waals surface area contributed by atoms with Crippen molar-refractivity contribution in [3.8, 4) is 0 Å². The van der Waals surface area contributed by atoms with E-state index in [9.17, 15) is 9.18 Å². The molecule has 6 heteroatoms. The SMILES string of the molecule is O=C1OC[C@@H](CO)N1Cc1cccc(Cl)c1F. The smallest absolute Gasteiger partial charge is 0.410 e. The van der Waals surface area contributed by atoms with Crippen LogP contribution in [0.1, 0.15) is 5.56 Å². The Morgan fingerprint density at radius 2 is 2.35 bits per heavy atom. The second-order valence-electron chi connectivity index (χ2n) is 3.75. The van der Waals surface area contributed by atoms with E-state index >= 15 is 0 Å². The monoisotopic (exact) mass is 259 g/mol. The molecular formula is C11H11ClFNO3. The maximum atomic E-state index is 13.6. The molecule has 1 aromatic carbocycles. The largest absolute Gasteiger partial charge is 0.447 e. The van der Waals surface area contributed by atoms with Crippen LogP contribution >= 0.6 is 11.6 Å². The molecular weight excluding hydrogens is 249 g/mol. The van der Waals surface area contributed by atoms with Crippen molar-refractivity contribution in [3.63, 3.8) is 0 Å². The van der Waals surface area contributed by atoms with Gasteiger partial charge in [0.2, 0.25) is 0 Å². The summed E-state index contributed by atoms with van der Waals surface area (Å²) in [6.07, 6.45) is -0.552. The molecule has 1 aliphatic heterocycles. The normalized spacial score (nSPS) is 19.6. The molecule has 17 heavy (non-hydrogen) atoms. The first-order chi connectivity index (χ1) is 8.13.